The molecule has 0 bridgehead atoms. The second kappa shape index (κ2) is 7.13. The van der Waals surface area contributed by atoms with Crippen LogP contribution in [0.5, 0.6) is 0 Å². The van der Waals surface area contributed by atoms with E-state index in [4.69, 9.17) is 0 Å². The van der Waals surface area contributed by atoms with Crippen LogP contribution < -0.4 is 15.4 Å². The van der Waals surface area contributed by atoms with Crippen molar-refractivity contribution in [3.63, 3.8) is 0 Å². The van der Waals surface area contributed by atoms with Gasteiger partial charge in [-0.25, -0.2) is 8.42 Å². The van der Waals surface area contributed by atoms with Crippen LogP contribution in [-0.4, -0.2) is 33.3 Å². The van der Waals surface area contributed by atoms with E-state index in [1.165, 1.54) is 19.3 Å². The summed E-state index contributed by atoms with van der Waals surface area (Å²) < 4.78 is 25.0. The van der Waals surface area contributed by atoms with Crippen molar-refractivity contribution in [2.24, 2.45) is 0 Å². The van der Waals surface area contributed by atoms with E-state index < -0.39 is 10.0 Å². The number of piperidine rings is 1. The molecule has 0 aromatic heterocycles. The molecule has 1 saturated heterocycles. The molecule has 118 valence electrons. The lowest BCUT2D eigenvalue weighted by molar-refractivity contribution is 0.371. The number of sulfonamides is 1. The number of rotatable bonds is 6. The SMILES string of the molecule is CC(CC1CCCCN1)Nc1cccc(NS(C)(=O)=O)c1. The van der Waals surface area contributed by atoms with Crippen LogP contribution in [0.1, 0.15) is 32.6 Å². The van der Waals surface area contributed by atoms with Crippen molar-refractivity contribution >= 4 is 21.4 Å². The Bertz CT molecular complexity index is 554. The van der Waals surface area contributed by atoms with Crippen molar-refractivity contribution < 1.29 is 8.42 Å². The van der Waals surface area contributed by atoms with Gasteiger partial charge >= 0.3 is 0 Å². The summed E-state index contributed by atoms with van der Waals surface area (Å²) in [5.74, 6) is 0. The van der Waals surface area contributed by atoms with E-state index in [1.54, 1.807) is 6.07 Å². The van der Waals surface area contributed by atoms with Crippen LogP contribution in [0.2, 0.25) is 0 Å². The third-order valence-electron chi connectivity index (χ3n) is 3.63. The van der Waals surface area contributed by atoms with Crippen LogP contribution >= 0.6 is 0 Å². The first-order valence-corrected chi connectivity index (χ1v) is 9.39. The van der Waals surface area contributed by atoms with Crippen molar-refractivity contribution in [1.29, 1.82) is 0 Å². The van der Waals surface area contributed by atoms with E-state index in [9.17, 15) is 8.42 Å². The van der Waals surface area contributed by atoms with Crippen molar-refractivity contribution in [3.8, 4) is 0 Å². The maximum atomic E-state index is 11.3. The number of nitrogens with one attached hydrogen (secondary N) is 3. The average Bonchev–Trinajstić information content (AvgIpc) is 2.38. The van der Waals surface area contributed by atoms with Crippen LogP contribution in [0.3, 0.4) is 0 Å². The normalized spacial score (nSPS) is 20.8. The summed E-state index contributed by atoms with van der Waals surface area (Å²) in [5.41, 5.74) is 1.53. The van der Waals surface area contributed by atoms with Crippen LogP contribution in [0.4, 0.5) is 11.4 Å². The Morgan fingerprint density at radius 2 is 2.10 bits per heavy atom. The van der Waals surface area contributed by atoms with Gasteiger partial charge in [-0.3, -0.25) is 4.72 Å². The van der Waals surface area contributed by atoms with Crippen molar-refractivity contribution in [2.75, 3.05) is 22.8 Å². The fraction of sp³-hybridized carbons (Fsp3) is 0.600. The third kappa shape index (κ3) is 5.93. The molecule has 3 N–H and O–H groups in total. The predicted octanol–water partition coefficient (Wildman–Crippen LogP) is 2.39. The minimum Gasteiger partial charge on any atom is -0.382 e. The smallest absolute Gasteiger partial charge is 0.229 e. The Labute approximate surface area is 127 Å². The molecule has 2 unspecified atom stereocenters. The molecule has 0 spiro atoms. The Balaban J connectivity index is 1.90. The van der Waals surface area contributed by atoms with Gasteiger partial charge in [0.15, 0.2) is 0 Å². The molecule has 0 aliphatic carbocycles. The topological polar surface area (TPSA) is 70.2 Å². The highest BCUT2D eigenvalue weighted by molar-refractivity contribution is 7.92. The lowest BCUT2D eigenvalue weighted by Gasteiger charge is -2.27. The molecule has 0 saturated carbocycles. The predicted molar refractivity (Wildman–Crippen MR) is 88.3 cm³/mol. The van der Waals surface area contributed by atoms with Crippen LogP contribution in [0.15, 0.2) is 24.3 Å². The Morgan fingerprint density at radius 3 is 2.76 bits per heavy atom. The molecule has 1 aromatic carbocycles. The van der Waals surface area contributed by atoms with E-state index in [-0.39, 0.29) is 0 Å². The molecule has 1 aliphatic heterocycles. The van der Waals surface area contributed by atoms with Gasteiger partial charge in [-0.15, -0.1) is 0 Å². The van der Waals surface area contributed by atoms with Gasteiger partial charge in [-0.2, -0.15) is 0 Å². The second-order valence-corrected chi connectivity index (χ2v) is 7.63. The zero-order valence-corrected chi connectivity index (χ0v) is 13.5. The Morgan fingerprint density at radius 1 is 1.33 bits per heavy atom. The summed E-state index contributed by atoms with van der Waals surface area (Å²) in [6, 6.07) is 8.30. The standard InChI is InChI=1S/C15H25N3O2S/c1-12(10-13-6-3-4-9-16-13)17-14-7-5-8-15(11-14)18-21(2,19)20/h5,7-8,11-13,16-18H,3-4,6,9-10H2,1-2H3. The van der Waals surface area contributed by atoms with Gasteiger partial charge in [-0.05, 0) is 50.9 Å². The van der Waals surface area contributed by atoms with Crippen molar-refractivity contribution in [1.82, 2.24) is 5.32 Å². The second-order valence-electron chi connectivity index (χ2n) is 5.88. The lowest BCUT2D eigenvalue weighted by atomic mass is 9.98. The average molecular weight is 311 g/mol. The monoisotopic (exact) mass is 311 g/mol. The molecular weight excluding hydrogens is 286 g/mol. The highest BCUT2D eigenvalue weighted by atomic mass is 32.2. The summed E-state index contributed by atoms with van der Waals surface area (Å²) >= 11 is 0. The number of anilines is 2. The molecule has 1 aromatic rings. The molecule has 2 rings (SSSR count). The first-order chi connectivity index (χ1) is 9.92. The lowest BCUT2D eigenvalue weighted by Crippen LogP contribution is -2.37. The quantitative estimate of drug-likeness (QED) is 0.754. The number of benzene rings is 1. The van der Waals surface area contributed by atoms with Crippen LogP contribution in [-0.2, 0) is 10.0 Å². The highest BCUT2D eigenvalue weighted by Crippen LogP contribution is 2.19. The van der Waals surface area contributed by atoms with E-state index >= 15 is 0 Å². The van der Waals surface area contributed by atoms with Gasteiger partial charge in [0.1, 0.15) is 0 Å². The maximum Gasteiger partial charge on any atom is 0.229 e. The Kier molecular flexibility index (Phi) is 5.47. The summed E-state index contributed by atoms with van der Waals surface area (Å²) in [5, 5.41) is 6.99. The first-order valence-electron chi connectivity index (χ1n) is 7.50. The summed E-state index contributed by atoms with van der Waals surface area (Å²) in [7, 11) is -3.23. The van der Waals surface area contributed by atoms with Gasteiger partial charge in [-0.1, -0.05) is 12.5 Å². The molecular formula is C15H25N3O2S. The molecule has 21 heavy (non-hydrogen) atoms. The molecule has 6 heteroatoms. The molecule has 0 amide bonds. The van der Waals surface area contributed by atoms with Crippen molar-refractivity contribution in [2.45, 2.75) is 44.7 Å². The van der Waals surface area contributed by atoms with E-state index in [1.807, 2.05) is 18.2 Å². The van der Waals surface area contributed by atoms with Crippen LogP contribution in [0.25, 0.3) is 0 Å². The first kappa shape index (κ1) is 16.1. The van der Waals surface area contributed by atoms with Gasteiger partial charge in [0.2, 0.25) is 10.0 Å². The van der Waals surface area contributed by atoms with E-state index in [0.717, 1.165) is 24.9 Å². The third-order valence-corrected chi connectivity index (χ3v) is 4.24. The van der Waals surface area contributed by atoms with Gasteiger partial charge in [0.25, 0.3) is 0 Å². The maximum absolute atomic E-state index is 11.3. The van der Waals surface area contributed by atoms with Crippen molar-refractivity contribution in [3.05, 3.63) is 24.3 Å². The molecule has 1 fully saturated rings. The summed E-state index contributed by atoms with van der Waals surface area (Å²) in [6.45, 7) is 3.28. The molecule has 2 atom stereocenters. The molecule has 1 heterocycles. The van der Waals surface area contributed by atoms with Crippen LogP contribution in [0, 0.1) is 0 Å². The largest absolute Gasteiger partial charge is 0.382 e. The van der Waals surface area contributed by atoms with Gasteiger partial charge in [0.05, 0.1) is 11.9 Å². The fourth-order valence-electron chi connectivity index (χ4n) is 2.78. The fourth-order valence-corrected chi connectivity index (χ4v) is 3.34. The minimum absolute atomic E-state index is 0.342. The van der Waals surface area contributed by atoms with Gasteiger partial charge < -0.3 is 10.6 Å². The van der Waals surface area contributed by atoms with E-state index in [2.05, 4.69) is 22.3 Å². The van der Waals surface area contributed by atoms with E-state index in [0.29, 0.717) is 17.8 Å². The number of hydrogen-bond donors (Lipinski definition) is 3. The zero-order valence-electron chi connectivity index (χ0n) is 12.7. The summed E-state index contributed by atoms with van der Waals surface area (Å²) in [6.07, 6.45) is 6.05. The molecule has 1 aliphatic rings. The Hall–Kier alpha value is -1.27. The summed E-state index contributed by atoms with van der Waals surface area (Å²) in [4.78, 5) is 0. The molecule has 0 radical (unpaired) electrons. The highest BCUT2D eigenvalue weighted by Gasteiger charge is 2.15. The molecule has 5 nitrogen and oxygen atoms in total. The minimum atomic E-state index is -3.23. The zero-order chi connectivity index (χ0) is 15.3. The van der Waals surface area contributed by atoms with Gasteiger partial charge in [0, 0.05) is 17.8 Å². The number of hydrogen-bond acceptors (Lipinski definition) is 4.